The number of aromatic nitrogens is 3. The van der Waals surface area contributed by atoms with Gasteiger partial charge in [0.05, 0.1) is 31.0 Å². The highest BCUT2D eigenvalue weighted by Gasteiger charge is 2.21. The zero-order chi connectivity index (χ0) is 21.3. The number of halogens is 1. The Labute approximate surface area is 179 Å². The Bertz CT molecular complexity index is 1060. The first-order chi connectivity index (χ1) is 14.5. The maximum absolute atomic E-state index is 6.67. The molecular formula is C21H24ClN5O3. The Morgan fingerprint density at radius 3 is 2.73 bits per heavy atom. The zero-order valence-corrected chi connectivity index (χ0v) is 17.9. The Hall–Kier alpha value is -2.84. The van der Waals surface area contributed by atoms with Crippen LogP contribution in [0.25, 0.3) is 22.2 Å². The highest BCUT2D eigenvalue weighted by atomic mass is 35.5. The van der Waals surface area contributed by atoms with Crippen LogP contribution in [-0.2, 0) is 4.74 Å². The van der Waals surface area contributed by atoms with E-state index in [0.29, 0.717) is 40.1 Å². The fourth-order valence-corrected chi connectivity index (χ4v) is 4.06. The van der Waals surface area contributed by atoms with Crippen molar-refractivity contribution in [3.05, 3.63) is 28.9 Å². The maximum atomic E-state index is 6.67. The monoisotopic (exact) mass is 429 g/mol. The van der Waals surface area contributed by atoms with Gasteiger partial charge in [0.2, 0.25) is 5.95 Å². The summed E-state index contributed by atoms with van der Waals surface area (Å²) in [7, 11) is 3.18. The summed E-state index contributed by atoms with van der Waals surface area (Å²) in [6, 6.07) is 3.65. The summed E-state index contributed by atoms with van der Waals surface area (Å²) in [5.41, 5.74) is 8.72. The summed E-state index contributed by atoms with van der Waals surface area (Å²) in [5.74, 6) is 1.97. The van der Waals surface area contributed by atoms with Crippen molar-refractivity contribution in [2.24, 2.45) is 0 Å². The molecular weight excluding hydrogens is 406 g/mol. The van der Waals surface area contributed by atoms with Gasteiger partial charge in [-0.3, -0.25) is 0 Å². The third-order valence-electron chi connectivity index (χ3n) is 5.24. The number of fused-ring (bicyclic) bond motifs is 1. The number of nitrogens with one attached hydrogen (secondary N) is 1. The predicted octanol–water partition coefficient (Wildman–Crippen LogP) is 3.84. The predicted molar refractivity (Wildman–Crippen MR) is 117 cm³/mol. The van der Waals surface area contributed by atoms with Crippen molar-refractivity contribution in [2.75, 3.05) is 38.4 Å². The van der Waals surface area contributed by atoms with Crippen LogP contribution >= 0.6 is 11.6 Å². The van der Waals surface area contributed by atoms with E-state index < -0.39 is 0 Å². The molecule has 0 amide bonds. The largest absolute Gasteiger partial charge is 0.496 e. The van der Waals surface area contributed by atoms with Crippen molar-refractivity contribution in [3.8, 4) is 22.8 Å². The Morgan fingerprint density at radius 2 is 2.03 bits per heavy atom. The number of pyridine rings is 1. The molecule has 3 heterocycles. The molecule has 3 aromatic rings. The van der Waals surface area contributed by atoms with Crippen LogP contribution in [0.3, 0.4) is 0 Å². The van der Waals surface area contributed by atoms with E-state index in [4.69, 9.17) is 36.5 Å². The summed E-state index contributed by atoms with van der Waals surface area (Å²) in [6.07, 6.45) is 3.90. The second-order valence-corrected chi connectivity index (χ2v) is 7.51. The van der Waals surface area contributed by atoms with Gasteiger partial charge in [0.15, 0.2) is 5.82 Å². The number of ether oxygens (including phenoxy) is 3. The summed E-state index contributed by atoms with van der Waals surface area (Å²) < 4.78 is 16.7. The first-order valence-electron chi connectivity index (χ1n) is 9.72. The highest BCUT2D eigenvalue weighted by Crippen LogP contribution is 2.43. The molecule has 1 aliphatic heterocycles. The van der Waals surface area contributed by atoms with Crippen LogP contribution in [0.2, 0.25) is 5.02 Å². The van der Waals surface area contributed by atoms with E-state index in [9.17, 15) is 0 Å². The van der Waals surface area contributed by atoms with Crippen molar-refractivity contribution < 1.29 is 14.2 Å². The third-order valence-corrected chi connectivity index (χ3v) is 5.62. The standard InChI is InChI=1S/C21H24ClN5O3/c1-11-15(28-2)8-16(29-3)18(22)17(11)14-7-12-9-25-21(23)27-19(12)20(26-14)24-10-13-5-4-6-30-13/h7-9,13H,4-6,10H2,1-3H3,(H,24,26)(H2,23,25,27). The topological polar surface area (TPSA) is 104 Å². The molecule has 2 aromatic heterocycles. The number of nitrogen functional groups attached to an aromatic ring is 1. The second kappa shape index (κ2) is 8.49. The third kappa shape index (κ3) is 3.80. The Kier molecular flexibility index (Phi) is 5.78. The first-order valence-corrected chi connectivity index (χ1v) is 10.1. The molecule has 0 aliphatic carbocycles. The lowest BCUT2D eigenvalue weighted by Crippen LogP contribution is -2.19. The lowest BCUT2D eigenvalue weighted by molar-refractivity contribution is 0.120. The molecule has 30 heavy (non-hydrogen) atoms. The molecule has 1 saturated heterocycles. The number of rotatable bonds is 6. The lowest BCUT2D eigenvalue weighted by atomic mass is 10.0. The molecule has 1 fully saturated rings. The number of anilines is 2. The van der Waals surface area contributed by atoms with Gasteiger partial charge >= 0.3 is 0 Å². The van der Waals surface area contributed by atoms with Crippen molar-refractivity contribution in [3.63, 3.8) is 0 Å². The molecule has 1 unspecified atom stereocenters. The number of nitrogens with zero attached hydrogens (tertiary/aromatic N) is 3. The van der Waals surface area contributed by atoms with E-state index in [-0.39, 0.29) is 12.1 Å². The van der Waals surface area contributed by atoms with Crippen LogP contribution in [-0.4, -0.2) is 48.4 Å². The van der Waals surface area contributed by atoms with Crippen molar-refractivity contribution in [2.45, 2.75) is 25.9 Å². The van der Waals surface area contributed by atoms with E-state index in [2.05, 4.69) is 15.3 Å². The molecule has 0 spiro atoms. The van der Waals surface area contributed by atoms with Crippen molar-refractivity contribution >= 4 is 34.3 Å². The maximum Gasteiger partial charge on any atom is 0.220 e. The van der Waals surface area contributed by atoms with E-state index in [0.717, 1.165) is 36.0 Å². The number of hydrogen-bond donors (Lipinski definition) is 2. The molecule has 1 aliphatic rings. The van der Waals surface area contributed by atoms with E-state index >= 15 is 0 Å². The van der Waals surface area contributed by atoms with E-state index in [1.54, 1.807) is 26.5 Å². The summed E-state index contributed by atoms with van der Waals surface area (Å²) in [5, 5.41) is 4.63. The van der Waals surface area contributed by atoms with Gasteiger partial charge in [-0.15, -0.1) is 0 Å². The van der Waals surface area contributed by atoms with Crippen LogP contribution in [0, 0.1) is 6.92 Å². The number of hydrogen-bond acceptors (Lipinski definition) is 8. The van der Waals surface area contributed by atoms with Gasteiger partial charge in [0.1, 0.15) is 17.0 Å². The highest BCUT2D eigenvalue weighted by molar-refractivity contribution is 6.35. The Balaban J connectivity index is 1.86. The summed E-state index contributed by atoms with van der Waals surface area (Å²) in [4.78, 5) is 13.4. The van der Waals surface area contributed by atoms with Crippen LogP contribution in [0.5, 0.6) is 11.5 Å². The zero-order valence-electron chi connectivity index (χ0n) is 17.2. The van der Waals surface area contributed by atoms with Gasteiger partial charge in [-0.25, -0.2) is 15.0 Å². The molecule has 0 saturated carbocycles. The quantitative estimate of drug-likeness (QED) is 0.608. The molecule has 1 atom stereocenters. The first kappa shape index (κ1) is 20.4. The number of nitrogens with two attached hydrogens (primary N) is 1. The van der Waals surface area contributed by atoms with Gasteiger partial charge in [-0.1, -0.05) is 11.6 Å². The van der Waals surface area contributed by atoms with Gasteiger partial charge in [-0.2, -0.15) is 0 Å². The van der Waals surface area contributed by atoms with Gasteiger partial charge in [0.25, 0.3) is 0 Å². The van der Waals surface area contributed by atoms with Crippen molar-refractivity contribution in [1.82, 2.24) is 15.0 Å². The second-order valence-electron chi connectivity index (χ2n) is 7.13. The van der Waals surface area contributed by atoms with Gasteiger partial charge in [0, 0.05) is 41.9 Å². The normalized spacial score (nSPS) is 16.1. The molecule has 0 bridgehead atoms. The van der Waals surface area contributed by atoms with E-state index in [1.165, 1.54) is 0 Å². The average Bonchev–Trinajstić information content (AvgIpc) is 3.26. The average molecular weight is 430 g/mol. The van der Waals surface area contributed by atoms with Crippen LogP contribution < -0.4 is 20.5 Å². The fourth-order valence-electron chi connectivity index (χ4n) is 3.69. The van der Waals surface area contributed by atoms with Gasteiger partial charge < -0.3 is 25.3 Å². The minimum absolute atomic E-state index is 0.145. The molecule has 0 radical (unpaired) electrons. The summed E-state index contributed by atoms with van der Waals surface area (Å²) >= 11 is 6.67. The number of methoxy groups -OCH3 is 2. The minimum Gasteiger partial charge on any atom is -0.496 e. The molecule has 4 rings (SSSR count). The fraction of sp³-hybridized carbons (Fsp3) is 0.381. The molecule has 3 N–H and O–H groups in total. The SMILES string of the molecule is COc1cc(OC)c(Cl)c(-c2cc3cnc(N)nc3c(NCC3CCCO3)n2)c1C. The minimum atomic E-state index is 0.145. The molecule has 8 nitrogen and oxygen atoms in total. The van der Waals surface area contributed by atoms with Crippen LogP contribution in [0.15, 0.2) is 18.3 Å². The van der Waals surface area contributed by atoms with Crippen LogP contribution in [0.1, 0.15) is 18.4 Å². The van der Waals surface area contributed by atoms with Crippen LogP contribution in [0.4, 0.5) is 11.8 Å². The van der Waals surface area contributed by atoms with E-state index in [1.807, 2.05) is 13.0 Å². The lowest BCUT2D eigenvalue weighted by Gasteiger charge is -2.18. The number of benzene rings is 1. The molecule has 1 aromatic carbocycles. The smallest absolute Gasteiger partial charge is 0.220 e. The molecule has 158 valence electrons. The summed E-state index contributed by atoms with van der Waals surface area (Å²) in [6.45, 7) is 3.35. The van der Waals surface area contributed by atoms with Gasteiger partial charge in [-0.05, 0) is 25.8 Å². The van der Waals surface area contributed by atoms with Crippen molar-refractivity contribution in [1.29, 1.82) is 0 Å². The Morgan fingerprint density at radius 1 is 1.23 bits per heavy atom. The molecule has 9 heteroatoms.